The van der Waals surface area contributed by atoms with Crippen LogP contribution in [0.25, 0.3) is 0 Å². The summed E-state index contributed by atoms with van der Waals surface area (Å²) in [6, 6.07) is 10.2. The number of hydrogen-bond acceptors (Lipinski definition) is 5. The highest BCUT2D eigenvalue weighted by Gasteiger charge is 2.06. The average molecular weight is 289 g/mol. The number of ether oxygens (including phenoxy) is 2. The highest BCUT2D eigenvalue weighted by molar-refractivity contribution is 5.41. The molecule has 112 valence electrons. The van der Waals surface area contributed by atoms with Crippen molar-refractivity contribution in [2.24, 2.45) is 0 Å². The van der Waals surface area contributed by atoms with Gasteiger partial charge in [0.15, 0.2) is 0 Å². The highest BCUT2D eigenvalue weighted by Crippen LogP contribution is 2.25. The van der Waals surface area contributed by atoms with Crippen LogP contribution in [-0.4, -0.2) is 24.4 Å². The number of nitrogens with one attached hydrogen (secondary N) is 1. The maximum Gasteiger partial charge on any atom is 0.127 e. The maximum atomic E-state index is 9.72. The molecule has 5 nitrogen and oxygen atoms in total. The molecule has 0 spiro atoms. The summed E-state index contributed by atoms with van der Waals surface area (Å²) in [4.78, 5) is 0. The Morgan fingerprint density at radius 2 is 1.62 bits per heavy atom. The molecule has 0 aliphatic carbocycles. The topological polar surface area (TPSA) is 71.0 Å². The molecular formula is C16H19NO4. The van der Waals surface area contributed by atoms with Crippen LogP contribution in [0.4, 0.5) is 0 Å². The van der Waals surface area contributed by atoms with Gasteiger partial charge in [-0.05, 0) is 12.1 Å². The largest absolute Gasteiger partial charge is 0.508 e. The molecule has 0 aliphatic heterocycles. The highest BCUT2D eigenvalue weighted by atomic mass is 16.5. The van der Waals surface area contributed by atoms with E-state index in [1.807, 2.05) is 18.2 Å². The van der Waals surface area contributed by atoms with Crippen LogP contribution < -0.4 is 14.8 Å². The Bertz CT molecular complexity index is 613. The number of hydrogen-bond donors (Lipinski definition) is 3. The second kappa shape index (κ2) is 6.85. The molecule has 0 unspecified atom stereocenters. The van der Waals surface area contributed by atoms with Crippen LogP contribution in [0.5, 0.6) is 23.0 Å². The van der Waals surface area contributed by atoms with Crippen LogP contribution in [0.15, 0.2) is 36.4 Å². The maximum absolute atomic E-state index is 9.72. The first-order valence-corrected chi connectivity index (χ1v) is 6.56. The van der Waals surface area contributed by atoms with E-state index in [0.29, 0.717) is 13.1 Å². The van der Waals surface area contributed by atoms with Crippen LogP contribution in [0.3, 0.4) is 0 Å². The van der Waals surface area contributed by atoms with Crippen LogP contribution in [0.1, 0.15) is 11.1 Å². The molecule has 0 fully saturated rings. The Morgan fingerprint density at radius 3 is 2.29 bits per heavy atom. The van der Waals surface area contributed by atoms with Crippen LogP contribution in [-0.2, 0) is 13.1 Å². The first-order chi connectivity index (χ1) is 10.1. The zero-order valence-corrected chi connectivity index (χ0v) is 12.1. The van der Waals surface area contributed by atoms with E-state index in [0.717, 1.165) is 22.6 Å². The van der Waals surface area contributed by atoms with E-state index >= 15 is 0 Å². The minimum Gasteiger partial charge on any atom is -0.508 e. The quantitative estimate of drug-likeness (QED) is 0.761. The predicted molar refractivity (Wildman–Crippen MR) is 79.9 cm³/mol. The molecule has 2 aromatic rings. The minimum atomic E-state index is 0.0491. The van der Waals surface area contributed by atoms with Crippen LogP contribution >= 0.6 is 0 Å². The number of phenols is 2. The third-order valence-corrected chi connectivity index (χ3v) is 3.19. The number of benzene rings is 2. The molecule has 0 saturated heterocycles. The van der Waals surface area contributed by atoms with Gasteiger partial charge >= 0.3 is 0 Å². The summed E-state index contributed by atoms with van der Waals surface area (Å²) in [6.07, 6.45) is 0. The van der Waals surface area contributed by atoms with E-state index in [-0.39, 0.29) is 11.5 Å². The molecule has 0 radical (unpaired) electrons. The second-order valence-electron chi connectivity index (χ2n) is 4.59. The van der Waals surface area contributed by atoms with Crippen molar-refractivity contribution in [1.29, 1.82) is 0 Å². The van der Waals surface area contributed by atoms with E-state index in [2.05, 4.69) is 5.32 Å². The lowest BCUT2D eigenvalue weighted by Crippen LogP contribution is -2.13. The Kier molecular flexibility index (Phi) is 4.90. The molecule has 0 bridgehead atoms. The normalized spacial score (nSPS) is 10.4. The third kappa shape index (κ3) is 3.79. The zero-order valence-electron chi connectivity index (χ0n) is 12.1. The SMILES string of the molecule is COc1ccc(CNCc2ccc(O)cc2O)c(OC)c1. The van der Waals surface area contributed by atoms with Gasteiger partial charge in [-0.3, -0.25) is 0 Å². The third-order valence-electron chi connectivity index (χ3n) is 3.19. The molecule has 0 saturated carbocycles. The summed E-state index contributed by atoms with van der Waals surface area (Å²) in [5.41, 5.74) is 1.72. The van der Waals surface area contributed by atoms with Crippen molar-refractivity contribution in [3.63, 3.8) is 0 Å². The zero-order chi connectivity index (χ0) is 15.2. The number of methoxy groups -OCH3 is 2. The predicted octanol–water partition coefficient (Wildman–Crippen LogP) is 2.40. The van der Waals surface area contributed by atoms with Crippen molar-refractivity contribution < 1.29 is 19.7 Å². The lowest BCUT2D eigenvalue weighted by Gasteiger charge is -2.12. The van der Waals surface area contributed by atoms with E-state index in [9.17, 15) is 10.2 Å². The van der Waals surface area contributed by atoms with Crippen molar-refractivity contribution in [1.82, 2.24) is 5.32 Å². The first kappa shape index (κ1) is 15.0. The van der Waals surface area contributed by atoms with E-state index in [1.165, 1.54) is 6.07 Å². The van der Waals surface area contributed by atoms with E-state index in [4.69, 9.17) is 9.47 Å². The molecule has 21 heavy (non-hydrogen) atoms. The van der Waals surface area contributed by atoms with Crippen LogP contribution in [0, 0.1) is 0 Å². The molecule has 0 heterocycles. The molecule has 0 aliphatic rings. The monoisotopic (exact) mass is 289 g/mol. The molecule has 0 atom stereocenters. The Morgan fingerprint density at radius 1 is 0.905 bits per heavy atom. The molecule has 0 amide bonds. The minimum absolute atomic E-state index is 0.0491. The van der Waals surface area contributed by atoms with Crippen molar-refractivity contribution in [2.75, 3.05) is 14.2 Å². The Labute approximate surface area is 123 Å². The van der Waals surface area contributed by atoms with Crippen molar-refractivity contribution >= 4 is 0 Å². The summed E-state index contributed by atoms with van der Waals surface area (Å²) < 4.78 is 10.5. The van der Waals surface area contributed by atoms with Gasteiger partial charge in [0.05, 0.1) is 14.2 Å². The standard InChI is InChI=1S/C16H19NO4/c1-20-14-6-4-12(16(8-14)21-2)10-17-9-11-3-5-13(18)7-15(11)19/h3-8,17-19H,9-10H2,1-2H3. The van der Waals surface area contributed by atoms with E-state index < -0.39 is 0 Å². The van der Waals surface area contributed by atoms with Crippen LogP contribution in [0.2, 0.25) is 0 Å². The smallest absolute Gasteiger partial charge is 0.127 e. The van der Waals surface area contributed by atoms with Gasteiger partial charge in [-0.15, -0.1) is 0 Å². The fraction of sp³-hybridized carbons (Fsp3) is 0.250. The van der Waals surface area contributed by atoms with Crippen molar-refractivity contribution in [2.45, 2.75) is 13.1 Å². The summed E-state index contributed by atoms with van der Waals surface area (Å²) in [5.74, 6) is 1.61. The number of rotatable bonds is 6. The van der Waals surface area contributed by atoms with Gasteiger partial charge in [-0.25, -0.2) is 0 Å². The lowest BCUT2D eigenvalue weighted by molar-refractivity contribution is 0.389. The summed E-state index contributed by atoms with van der Waals surface area (Å²) in [7, 11) is 3.23. The van der Waals surface area contributed by atoms with Gasteiger partial charge in [-0.2, -0.15) is 0 Å². The van der Waals surface area contributed by atoms with Gasteiger partial charge in [0.2, 0.25) is 0 Å². The summed E-state index contributed by atoms with van der Waals surface area (Å²) in [6.45, 7) is 1.08. The fourth-order valence-corrected chi connectivity index (χ4v) is 2.03. The fourth-order valence-electron chi connectivity index (χ4n) is 2.03. The Balaban J connectivity index is 2.00. The molecule has 2 aromatic carbocycles. The van der Waals surface area contributed by atoms with Crippen molar-refractivity contribution in [3.8, 4) is 23.0 Å². The van der Waals surface area contributed by atoms with Gasteiger partial charge in [-0.1, -0.05) is 12.1 Å². The van der Waals surface area contributed by atoms with Gasteiger partial charge in [0.1, 0.15) is 23.0 Å². The molecule has 2 rings (SSSR count). The van der Waals surface area contributed by atoms with E-state index in [1.54, 1.807) is 26.4 Å². The molecule has 3 N–H and O–H groups in total. The summed E-state index contributed by atoms with van der Waals surface area (Å²) in [5, 5.41) is 22.2. The molecule has 5 heteroatoms. The molecular weight excluding hydrogens is 270 g/mol. The number of aromatic hydroxyl groups is 2. The van der Waals surface area contributed by atoms with Gasteiger partial charge in [0, 0.05) is 36.3 Å². The second-order valence-corrected chi connectivity index (χ2v) is 4.59. The van der Waals surface area contributed by atoms with Crippen molar-refractivity contribution in [3.05, 3.63) is 47.5 Å². The average Bonchev–Trinajstić information content (AvgIpc) is 2.49. The lowest BCUT2D eigenvalue weighted by atomic mass is 10.1. The first-order valence-electron chi connectivity index (χ1n) is 6.56. The van der Waals surface area contributed by atoms with Gasteiger partial charge in [0.25, 0.3) is 0 Å². The Hall–Kier alpha value is -2.40. The number of phenolic OH excluding ortho intramolecular Hbond substituents is 2. The van der Waals surface area contributed by atoms with Gasteiger partial charge < -0.3 is 25.0 Å². The molecule has 0 aromatic heterocycles. The summed E-state index contributed by atoms with van der Waals surface area (Å²) >= 11 is 0.